The Morgan fingerprint density at radius 1 is 1.12 bits per heavy atom. The van der Waals surface area contributed by atoms with E-state index in [-0.39, 0.29) is 11.3 Å². The van der Waals surface area contributed by atoms with Crippen molar-refractivity contribution in [3.05, 3.63) is 59.7 Å². The first-order valence-corrected chi connectivity index (χ1v) is 8.94. The van der Waals surface area contributed by atoms with Gasteiger partial charge in [0.1, 0.15) is 16.9 Å². The van der Waals surface area contributed by atoms with Crippen molar-refractivity contribution >= 4 is 17.7 Å². The first kappa shape index (κ1) is 16.7. The molecule has 0 radical (unpaired) electrons. The van der Waals surface area contributed by atoms with E-state index in [1.807, 2.05) is 41.3 Å². The van der Waals surface area contributed by atoms with E-state index in [2.05, 4.69) is 12.1 Å². The highest BCUT2D eigenvalue weighted by Crippen LogP contribution is 2.43. The molecule has 126 valence electrons. The fraction of sp³-hybridized carbons (Fsp3) is 0.316. The van der Waals surface area contributed by atoms with E-state index in [4.69, 9.17) is 9.47 Å². The van der Waals surface area contributed by atoms with Gasteiger partial charge < -0.3 is 14.4 Å². The van der Waals surface area contributed by atoms with E-state index in [0.29, 0.717) is 13.0 Å². The van der Waals surface area contributed by atoms with Gasteiger partial charge in [-0.05, 0) is 17.7 Å². The lowest BCUT2D eigenvalue weighted by Crippen LogP contribution is -2.36. The predicted octanol–water partition coefficient (Wildman–Crippen LogP) is 3.87. The van der Waals surface area contributed by atoms with E-state index in [1.54, 1.807) is 26.0 Å². The molecule has 1 heterocycles. The average molecular weight is 343 g/mol. The van der Waals surface area contributed by atoms with Crippen molar-refractivity contribution in [2.75, 3.05) is 20.0 Å². The summed E-state index contributed by atoms with van der Waals surface area (Å²) in [5.74, 6) is 2.50. The lowest BCUT2D eigenvalue weighted by atomic mass is 10.1. The molecule has 1 amide bonds. The van der Waals surface area contributed by atoms with Gasteiger partial charge in [0.15, 0.2) is 0 Å². The average Bonchev–Trinajstić information content (AvgIpc) is 2.64. The van der Waals surface area contributed by atoms with Gasteiger partial charge in [-0.3, -0.25) is 4.79 Å². The second-order valence-electron chi connectivity index (χ2n) is 5.59. The van der Waals surface area contributed by atoms with Crippen LogP contribution >= 0.6 is 11.8 Å². The molecule has 0 aromatic heterocycles. The van der Waals surface area contributed by atoms with Crippen molar-refractivity contribution in [3.8, 4) is 11.5 Å². The highest BCUT2D eigenvalue weighted by Gasteiger charge is 2.31. The number of carbonyl (C=O) groups excluding carboxylic acids is 1. The fourth-order valence-electron chi connectivity index (χ4n) is 2.85. The molecule has 1 saturated heterocycles. The van der Waals surface area contributed by atoms with Gasteiger partial charge in [-0.2, -0.15) is 0 Å². The number of thioether (sulfide) groups is 1. The van der Waals surface area contributed by atoms with Gasteiger partial charge in [-0.15, -0.1) is 11.8 Å². The molecule has 1 aliphatic rings. The van der Waals surface area contributed by atoms with Crippen molar-refractivity contribution in [2.24, 2.45) is 0 Å². The third-order valence-electron chi connectivity index (χ3n) is 4.10. The van der Waals surface area contributed by atoms with Crippen molar-refractivity contribution in [2.45, 2.75) is 18.3 Å². The van der Waals surface area contributed by atoms with Crippen LogP contribution in [-0.4, -0.2) is 30.8 Å². The summed E-state index contributed by atoms with van der Waals surface area (Å²) >= 11 is 1.77. The van der Waals surface area contributed by atoms with E-state index in [9.17, 15) is 4.79 Å². The Balaban J connectivity index is 1.93. The number of hydrogen-bond acceptors (Lipinski definition) is 4. The Morgan fingerprint density at radius 3 is 2.62 bits per heavy atom. The molecule has 0 bridgehead atoms. The van der Waals surface area contributed by atoms with E-state index in [1.165, 1.54) is 0 Å². The predicted molar refractivity (Wildman–Crippen MR) is 96.4 cm³/mol. The van der Waals surface area contributed by atoms with Crippen LogP contribution in [0.15, 0.2) is 48.5 Å². The SMILES string of the molecule is COc1ccc(C2SCCC(=O)N2Cc2ccccc2)c(OC)c1. The highest BCUT2D eigenvalue weighted by molar-refractivity contribution is 7.99. The van der Waals surface area contributed by atoms with Crippen molar-refractivity contribution in [3.63, 3.8) is 0 Å². The Kier molecular flexibility index (Phi) is 5.30. The Bertz CT molecular complexity index is 705. The first-order chi connectivity index (χ1) is 11.7. The molecule has 2 aromatic carbocycles. The lowest BCUT2D eigenvalue weighted by Gasteiger charge is -2.36. The van der Waals surface area contributed by atoms with E-state index >= 15 is 0 Å². The molecule has 0 aliphatic carbocycles. The molecular formula is C19H21NO3S. The molecule has 2 aromatic rings. The molecule has 1 fully saturated rings. The summed E-state index contributed by atoms with van der Waals surface area (Å²) in [6, 6.07) is 15.9. The highest BCUT2D eigenvalue weighted by atomic mass is 32.2. The van der Waals surface area contributed by atoms with Crippen LogP contribution in [0.4, 0.5) is 0 Å². The van der Waals surface area contributed by atoms with Gasteiger partial charge in [0.05, 0.1) is 14.2 Å². The molecule has 1 aliphatic heterocycles. The number of amides is 1. The van der Waals surface area contributed by atoms with Gasteiger partial charge in [0, 0.05) is 30.3 Å². The van der Waals surface area contributed by atoms with Gasteiger partial charge >= 0.3 is 0 Å². The largest absolute Gasteiger partial charge is 0.497 e. The number of rotatable bonds is 5. The van der Waals surface area contributed by atoms with Crippen molar-refractivity contribution in [1.82, 2.24) is 4.90 Å². The summed E-state index contributed by atoms with van der Waals surface area (Å²) in [6.45, 7) is 0.604. The van der Waals surface area contributed by atoms with Crippen molar-refractivity contribution in [1.29, 1.82) is 0 Å². The van der Waals surface area contributed by atoms with Crippen LogP contribution in [0.1, 0.15) is 22.9 Å². The second-order valence-corrected chi connectivity index (χ2v) is 6.78. The summed E-state index contributed by atoms with van der Waals surface area (Å²) < 4.78 is 10.8. The zero-order chi connectivity index (χ0) is 16.9. The zero-order valence-electron chi connectivity index (χ0n) is 13.9. The topological polar surface area (TPSA) is 38.8 Å². The third-order valence-corrected chi connectivity index (χ3v) is 5.36. The third kappa shape index (κ3) is 3.51. The maximum absolute atomic E-state index is 12.6. The molecule has 4 nitrogen and oxygen atoms in total. The number of benzene rings is 2. The Morgan fingerprint density at radius 2 is 1.92 bits per heavy atom. The van der Waals surface area contributed by atoms with E-state index < -0.39 is 0 Å². The van der Waals surface area contributed by atoms with Gasteiger partial charge in [-0.25, -0.2) is 0 Å². The summed E-state index contributed by atoms with van der Waals surface area (Å²) in [5.41, 5.74) is 2.14. The Hall–Kier alpha value is -2.14. The van der Waals surface area contributed by atoms with Crippen LogP contribution in [0.25, 0.3) is 0 Å². The molecule has 3 rings (SSSR count). The molecule has 0 spiro atoms. The maximum Gasteiger partial charge on any atom is 0.224 e. The maximum atomic E-state index is 12.6. The van der Waals surface area contributed by atoms with Crippen molar-refractivity contribution < 1.29 is 14.3 Å². The minimum absolute atomic E-state index is 0.0488. The van der Waals surface area contributed by atoms with Gasteiger partial charge in [-0.1, -0.05) is 30.3 Å². The molecule has 0 saturated carbocycles. The smallest absolute Gasteiger partial charge is 0.224 e. The number of nitrogens with zero attached hydrogens (tertiary/aromatic N) is 1. The molecule has 24 heavy (non-hydrogen) atoms. The molecular weight excluding hydrogens is 322 g/mol. The van der Waals surface area contributed by atoms with Crippen LogP contribution in [0.2, 0.25) is 0 Å². The van der Waals surface area contributed by atoms with Crippen LogP contribution in [0, 0.1) is 0 Å². The van der Waals surface area contributed by atoms with Crippen LogP contribution in [0.5, 0.6) is 11.5 Å². The summed E-state index contributed by atoms with van der Waals surface area (Å²) in [7, 11) is 3.28. The van der Waals surface area contributed by atoms with E-state index in [0.717, 1.165) is 28.4 Å². The normalized spacial score (nSPS) is 17.7. The van der Waals surface area contributed by atoms with Crippen LogP contribution in [-0.2, 0) is 11.3 Å². The molecule has 1 unspecified atom stereocenters. The first-order valence-electron chi connectivity index (χ1n) is 7.90. The molecule has 1 atom stereocenters. The zero-order valence-corrected chi connectivity index (χ0v) is 14.7. The minimum Gasteiger partial charge on any atom is -0.497 e. The summed E-state index contributed by atoms with van der Waals surface area (Å²) in [4.78, 5) is 14.5. The number of carbonyl (C=O) groups is 1. The summed E-state index contributed by atoms with van der Waals surface area (Å²) in [6.07, 6.45) is 0.576. The standard InChI is InChI=1S/C19H21NO3S/c1-22-15-8-9-16(17(12-15)23-2)19-20(18(21)10-11-24-19)13-14-6-4-3-5-7-14/h3-9,12,19H,10-11,13H2,1-2H3. The quantitative estimate of drug-likeness (QED) is 0.826. The fourth-order valence-corrected chi connectivity index (χ4v) is 4.12. The molecule has 0 N–H and O–H groups in total. The monoisotopic (exact) mass is 343 g/mol. The number of hydrogen-bond donors (Lipinski definition) is 0. The van der Waals surface area contributed by atoms with Crippen LogP contribution < -0.4 is 9.47 Å². The number of methoxy groups -OCH3 is 2. The van der Waals surface area contributed by atoms with Gasteiger partial charge in [0.2, 0.25) is 5.91 Å². The van der Waals surface area contributed by atoms with Gasteiger partial charge in [0.25, 0.3) is 0 Å². The summed E-state index contributed by atoms with van der Waals surface area (Å²) in [5, 5.41) is -0.0488. The second kappa shape index (κ2) is 7.62. The molecule has 5 heteroatoms. The lowest BCUT2D eigenvalue weighted by molar-refractivity contribution is -0.132. The Labute approximate surface area is 146 Å². The number of ether oxygens (including phenoxy) is 2. The minimum atomic E-state index is -0.0488. The van der Waals surface area contributed by atoms with Crippen LogP contribution in [0.3, 0.4) is 0 Å².